The number of benzene rings is 2. The minimum atomic E-state index is -4.45. The lowest BCUT2D eigenvalue weighted by Crippen LogP contribution is -2.12. The maximum Gasteiger partial charge on any atom is 0.418 e. The van der Waals surface area contributed by atoms with E-state index in [-0.39, 0.29) is 11.6 Å². The molecule has 0 fully saturated rings. The van der Waals surface area contributed by atoms with E-state index in [4.69, 9.17) is 5.73 Å². The summed E-state index contributed by atoms with van der Waals surface area (Å²) in [6, 6.07) is 10.7. The first-order valence-corrected chi connectivity index (χ1v) is 6.29. The maximum absolute atomic E-state index is 13.2. The highest BCUT2D eigenvalue weighted by molar-refractivity contribution is 5.82. The van der Waals surface area contributed by atoms with Crippen molar-refractivity contribution in [2.45, 2.75) is 13.1 Å². The van der Waals surface area contributed by atoms with Crippen molar-refractivity contribution >= 4 is 17.0 Å². The van der Waals surface area contributed by atoms with Crippen LogP contribution in [0, 0.1) is 6.92 Å². The molecule has 3 nitrogen and oxygen atoms in total. The molecular weight excluding hydrogens is 279 g/mol. The number of anilines is 1. The zero-order valence-electron chi connectivity index (χ0n) is 11.1. The number of aromatic nitrogens is 2. The van der Waals surface area contributed by atoms with E-state index in [2.05, 4.69) is 4.98 Å². The first kappa shape index (κ1) is 13.5. The van der Waals surface area contributed by atoms with E-state index in [1.54, 1.807) is 18.2 Å². The highest BCUT2D eigenvalue weighted by Crippen LogP contribution is 2.36. The molecule has 0 radical (unpaired) electrons. The van der Waals surface area contributed by atoms with E-state index in [1.165, 1.54) is 16.7 Å². The molecule has 0 unspecified atom stereocenters. The van der Waals surface area contributed by atoms with E-state index < -0.39 is 11.7 Å². The van der Waals surface area contributed by atoms with Gasteiger partial charge in [-0.25, -0.2) is 4.98 Å². The molecule has 0 aliphatic carbocycles. The number of para-hydroxylation sites is 1. The lowest BCUT2D eigenvalue weighted by Gasteiger charge is -2.14. The first-order valence-electron chi connectivity index (χ1n) is 6.29. The summed E-state index contributed by atoms with van der Waals surface area (Å²) in [6.45, 7) is 1.86. The van der Waals surface area contributed by atoms with Gasteiger partial charge in [-0.15, -0.1) is 0 Å². The van der Waals surface area contributed by atoms with Crippen LogP contribution in [0.5, 0.6) is 0 Å². The molecule has 0 aliphatic rings. The van der Waals surface area contributed by atoms with Crippen LogP contribution in [0.25, 0.3) is 16.7 Å². The van der Waals surface area contributed by atoms with Crippen molar-refractivity contribution in [2.75, 3.05) is 5.73 Å². The summed E-state index contributed by atoms with van der Waals surface area (Å²) >= 11 is 0. The molecule has 2 aromatic carbocycles. The summed E-state index contributed by atoms with van der Waals surface area (Å²) < 4.78 is 40.9. The van der Waals surface area contributed by atoms with Crippen LogP contribution in [0.3, 0.4) is 0 Å². The van der Waals surface area contributed by atoms with Crippen molar-refractivity contribution < 1.29 is 13.2 Å². The topological polar surface area (TPSA) is 43.8 Å². The molecule has 0 saturated heterocycles. The Labute approximate surface area is 118 Å². The fourth-order valence-electron chi connectivity index (χ4n) is 2.37. The molecule has 3 aromatic rings. The number of rotatable bonds is 1. The van der Waals surface area contributed by atoms with Gasteiger partial charge in [-0.3, -0.25) is 4.57 Å². The number of nitrogen functional groups attached to an aromatic ring is 1. The Balaban J connectivity index is 2.36. The summed E-state index contributed by atoms with van der Waals surface area (Å²) in [5.74, 6) is 0.0345. The standard InChI is InChI=1S/C15H12F3N3/c1-9-6-7-11-13(8-9)21(14(19)20-11)12-5-3-2-4-10(12)15(16,17)18/h2-8H,1H3,(H2,19,20). The second-order valence-electron chi connectivity index (χ2n) is 4.81. The molecule has 2 N–H and O–H groups in total. The molecule has 6 heteroatoms. The Morgan fingerprint density at radius 3 is 2.52 bits per heavy atom. The Kier molecular flexibility index (Phi) is 2.90. The van der Waals surface area contributed by atoms with Crippen LogP contribution in [-0.4, -0.2) is 9.55 Å². The second kappa shape index (κ2) is 4.51. The normalized spacial score (nSPS) is 12.0. The van der Waals surface area contributed by atoms with Gasteiger partial charge in [0.2, 0.25) is 5.95 Å². The number of halogens is 3. The van der Waals surface area contributed by atoms with Gasteiger partial charge < -0.3 is 5.73 Å². The van der Waals surface area contributed by atoms with Gasteiger partial charge in [0.15, 0.2) is 0 Å². The van der Waals surface area contributed by atoms with E-state index in [0.717, 1.165) is 11.6 Å². The van der Waals surface area contributed by atoms with Gasteiger partial charge in [0.1, 0.15) is 0 Å². The van der Waals surface area contributed by atoms with Crippen molar-refractivity contribution in [3.63, 3.8) is 0 Å². The highest BCUT2D eigenvalue weighted by atomic mass is 19.4. The summed E-state index contributed by atoms with van der Waals surface area (Å²) in [6.07, 6.45) is -4.45. The van der Waals surface area contributed by atoms with E-state index >= 15 is 0 Å². The maximum atomic E-state index is 13.2. The van der Waals surface area contributed by atoms with E-state index in [9.17, 15) is 13.2 Å². The molecule has 21 heavy (non-hydrogen) atoms. The minimum Gasteiger partial charge on any atom is -0.369 e. The summed E-state index contributed by atoms with van der Waals surface area (Å²) in [4.78, 5) is 4.13. The molecule has 0 amide bonds. The molecule has 108 valence electrons. The average Bonchev–Trinajstić information content (AvgIpc) is 2.73. The summed E-state index contributed by atoms with van der Waals surface area (Å²) in [7, 11) is 0. The summed E-state index contributed by atoms with van der Waals surface area (Å²) in [5, 5.41) is 0. The van der Waals surface area contributed by atoms with E-state index in [1.807, 2.05) is 13.0 Å². The van der Waals surface area contributed by atoms with Crippen LogP contribution in [0.2, 0.25) is 0 Å². The van der Waals surface area contributed by atoms with Crippen LogP contribution in [0.1, 0.15) is 11.1 Å². The SMILES string of the molecule is Cc1ccc2nc(N)n(-c3ccccc3C(F)(F)F)c2c1. The molecule has 1 heterocycles. The molecule has 0 atom stereocenters. The monoisotopic (exact) mass is 291 g/mol. The average molecular weight is 291 g/mol. The third-order valence-electron chi connectivity index (χ3n) is 3.29. The predicted octanol–water partition coefficient (Wildman–Crippen LogP) is 3.93. The van der Waals surface area contributed by atoms with Gasteiger partial charge in [0, 0.05) is 0 Å². The molecular formula is C15H12F3N3. The summed E-state index contributed by atoms with van der Waals surface area (Å²) in [5.41, 5.74) is 7.12. The van der Waals surface area contributed by atoms with Crippen molar-refractivity contribution in [1.82, 2.24) is 9.55 Å². The fourth-order valence-corrected chi connectivity index (χ4v) is 2.37. The van der Waals surface area contributed by atoms with Gasteiger partial charge in [-0.2, -0.15) is 13.2 Å². The minimum absolute atomic E-state index is 0.0180. The Hall–Kier alpha value is -2.50. The number of hydrogen-bond donors (Lipinski definition) is 1. The smallest absolute Gasteiger partial charge is 0.369 e. The lowest BCUT2D eigenvalue weighted by atomic mass is 10.1. The van der Waals surface area contributed by atoms with Gasteiger partial charge >= 0.3 is 6.18 Å². The third-order valence-corrected chi connectivity index (χ3v) is 3.29. The molecule has 1 aromatic heterocycles. The van der Waals surface area contributed by atoms with Crippen molar-refractivity contribution in [3.05, 3.63) is 53.6 Å². The zero-order valence-corrected chi connectivity index (χ0v) is 11.1. The second-order valence-corrected chi connectivity index (χ2v) is 4.81. The Bertz CT molecular complexity index is 819. The van der Waals surface area contributed by atoms with Crippen molar-refractivity contribution in [3.8, 4) is 5.69 Å². The Morgan fingerprint density at radius 1 is 1.10 bits per heavy atom. The van der Waals surface area contributed by atoms with Gasteiger partial charge in [-0.05, 0) is 36.8 Å². The molecule has 0 bridgehead atoms. The largest absolute Gasteiger partial charge is 0.418 e. The molecule has 0 saturated carbocycles. The van der Waals surface area contributed by atoms with Gasteiger partial charge in [-0.1, -0.05) is 18.2 Å². The predicted molar refractivity (Wildman–Crippen MR) is 75.2 cm³/mol. The van der Waals surface area contributed by atoms with E-state index in [0.29, 0.717) is 11.0 Å². The number of aryl methyl sites for hydroxylation is 1. The number of nitrogens with zero attached hydrogens (tertiary/aromatic N) is 2. The molecule has 0 spiro atoms. The fraction of sp³-hybridized carbons (Fsp3) is 0.133. The Morgan fingerprint density at radius 2 is 1.81 bits per heavy atom. The van der Waals surface area contributed by atoms with Crippen molar-refractivity contribution in [2.24, 2.45) is 0 Å². The number of hydrogen-bond acceptors (Lipinski definition) is 2. The van der Waals surface area contributed by atoms with Crippen LogP contribution in [-0.2, 0) is 6.18 Å². The highest BCUT2D eigenvalue weighted by Gasteiger charge is 2.34. The van der Waals surface area contributed by atoms with Crippen LogP contribution in [0.4, 0.5) is 19.1 Å². The van der Waals surface area contributed by atoms with Crippen LogP contribution in [0.15, 0.2) is 42.5 Å². The number of fused-ring (bicyclic) bond motifs is 1. The zero-order chi connectivity index (χ0) is 15.2. The molecule has 0 aliphatic heterocycles. The first-order chi connectivity index (χ1) is 9.88. The van der Waals surface area contributed by atoms with Gasteiger partial charge in [0.05, 0.1) is 22.3 Å². The van der Waals surface area contributed by atoms with Crippen LogP contribution < -0.4 is 5.73 Å². The lowest BCUT2D eigenvalue weighted by molar-refractivity contribution is -0.137. The van der Waals surface area contributed by atoms with Crippen molar-refractivity contribution in [1.29, 1.82) is 0 Å². The number of nitrogens with two attached hydrogens (primary N) is 1. The van der Waals surface area contributed by atoms with Gasteiger partial charge in [0.25, 0.3) is 0 Å². The third kappa shape index (κ3) is 2.22. The number of imidazole rings is 1. The quantitative estimate of drug-likeness (QED) is 0.738. The van der Waals surface area contributed by atoms with Crippen LogP contribution >= 0.6 is 0 Å². The number of alkyl halides is 3. The molecule has 3 rings (SSSR count).